The molecule has 0 saturated carbocycles. The lowest BCUT2D eigenvalue weighted by Crippen LogP contribution is -2.16. The molecule has 0 aliphatic heterocycles. The third-order valence-electron chi connectivity index (χ3n) is 1.56. The Kier molecular flexibility index (Phi) is 2.03. The zero-order valence-corrected chi connectivity index (χ0v) is 6.25. The summed E-state index contributed by atoms with van der Waals surface area (Å²) < 4.78 is 13.2. The van der Waals surface area contributed by atoms with E-state index >= 15 is 0 Å². The molecule has 1 atom stereocenters. The Balaban J connectivity index is 3.02. The number of hydrogen-bond acceptors (Lipinski definition) is 1. The van der Waals surface area contributed by atoms with Crippen molar-refractivity contribution in [3.8, 4) is 0 Å². The quantitative estimate of drug-likeness (QED) is 0.593. The van der Waals surface area contributed by atoms with Gasteiger partial charge in [-0.05, 0) is 12.5 Å². The van der Waals surface area contributed by atoms with Crippen molar-refractivity contribution in [1.29, 1.82) is 0 Å². The first kappa shape index (κ1) is 7.92. The van der Waals surface area contributed by atoms with Gasteiger partial charge in [-0.3, -0.25) is 4.79 Å². The van der Waals surface area contributed by atoms with Crippen LogP contribution in [0, 0.1) is 0 Å². The minimum atomic E-state index is -1.85. The van der Waals surface area contributed by atoms with E-state index in [1.165, 1.54) is 6.92 Å². The van der Waals surface area contributed by atoms with Crippen LogP contribution < -0.4 is 0 Å². The zero-order chi connectivity index (χ0) is 8.32. The van der Waals surface area contributed by atoms with Crippen LogP contribution in [0.5, 0.6) is 0 Å². The predicted molar refractivity (Wildman–Crippen MR) is 41.0 cm³/mol. The molecule has 1 nitrogen and oxygen atoms in total. The monoisotopic (exact) mass is 152 g/mol. The smallest absolute Gasteiger partial charge is 0.187 e. The Labute approximate surface area is 64.9 Å². The summed E-state index contributed by atoms with van der Waals surface area (Å²) in [6.07, 6.45) is 0.308. The van der Waals surface area contributed by atoms with Crippen LogP contribution >= 0.6 is 0 Å². The van der Waals surface area contributed by atoms with Crippen LogP contribution in [-0.2, 0) is 10.5 Å². The molecule has 0 amide bonds. The number of carbonyl (C=O) groups excluding carboxylic acids is 1. The maximum Gasteiger partial charge on any atom is 0.187 e. The standard InChI is InChI=1S/C9H9FO/c1-9(10,7-11)8-5-3-2-4-6-8/h2-7H,1H3. The van der Waals surface area contributed by atoms with Crippen molar-refractivity contribution < 1.29 is 9.18 Å². The van der Waals surface area contributed by atoms with E-state index in [1.54, 1.807) is 30.3 Å². The van der Waals surface area contributed by atoms with Gasteiger partial charge in [0, 0.05) is 0 Å². The molecule has 0 aliphatic carbocycles. The second kappa shape index (κ2) is 2.82. The summed E-state index contributed by atoms with van der Waals surface area (Å²) in [5, 5.41) is 0. The van der Waals surface area contributed by atoms with Gasteiger partial charge in [-0.1, -0.05) is 30.3 Å². The van der Waals surface area contributed by atoms with Gasteiger partial charge in [0.1, 0.15) is 0 Å². The zero-order valence-electron chi connectivity index (χ0n) is 6.25. The van der Waals surface area contributed by atoms with Crippen molar-refractivity contribution in [3.05, 3.63) is 35.9 Å². The van der Waals surface area contributed by atoms with E-state index < -0.39 is 5.67 Å². The fourth-order valence-corrected chi connectivity index (χ4v) is 0.832. The highest BCUT2D eigenvalue weighted by molar-refractivity contribution is 5.65. The molecule has 0 saturated heterocycles. The summed E-state index contributed by atoms with van der Waals surface area (Å²) >= 11 is 0. The summed E-state index contributed by atoms with van der Waals surface area (Å²) in [6, 6.07) is 8.38. The highest BCUT2D eigenvalue weighted by Gasteiger charge is 2.23. The Morgan fingerprint density at radius 1 is 1.36 bits per heavy atom. The normalized spacial score (nSPS) is 15.5. The molecular weight excluding hydrogens is 143 g/mol. The van der Waals surface area contributed by atoms with Crippen LogP contribution in [0.4, 0.5) is 4.39 Å². The predicted octanol–water partition coefficient (Wildman–Crippen LogP) is 2.07. The molecule has 1 aromatic carbocycles. The molecule has 11 heavy (non-hydrogen) atoms. The van der Waals surface area contributed by atoms with Gasteiger partial charge in [0.15, 0.2) is 12.0 Å². The van der Waals surface area contributed by atoms with Gasteiger partial charge in [0.25, 0.3) is 0 Å². The fraction of sp³-hybridized carbons (Fsp3) is 0.222. The van der Waals surface area contributed by atoms with Crippen molar-refractivity contribution in [2.24, 2.45) is 0 Å². The van der Waals surface area contributed by atoms with Gasteiger partial charge in [0.05, 0.1) is 0 Å². The van der Waals surface area contributed by atoms with Gasteiger partial charge < -0.3 is 0 Å². The van der Waals surface area contributed by atoms with E-state index in [4.69, 9.17) is 0 Å². The maximum atomic E-state index is 13.2. The van der Waals surface area contributed by atoms with E-state index in [0.717, 1.165) is 0 Å². The Morgan fingerprint density at radius 3 is 2.36 bits per heavy atom. The van der Waals surface area contributed by atoms with Crippen molar-refractivity contribution in [2.45, 2.75) is 12.6 Å². The van der Waals surface area contributed by atoms with Crippen molar-refractivity contribution in [3.63, 3.8) is 0 Å². The largest absolute Gasteiger partial charge is 0.299 e. The maximum absolute atomic E-state index is 13.2. The number of carbonyl (C=O) groups is 1. The topological polar surface area (TPSA) is 17.1 Å². The van der Waals surface area contributed by atoms with Crippen molar-refractivity contribution >= 4 is 6.29 Å². The molecule has 0 fully saturated rings. The van der Waals surface area contributed by atoms with Gasteiger partial charge in [-0.2, -0.15) is 0 Å². The number of rotatable bonds is 2. The minimum absolute atomic E-state index is 0.308. The molecule has 58 valence electrons. The average Bonchev–Trinajstić information content (AvgIpc) is 2.06. The van der Waals surface area contributed by atoms with Crippen LogP contribution in [0.15, 0.2) is 30.3 Å². The first-order chi connectivity index (χ1) is 5.17. The molecule has 1 aromatic rings. The van der Waals surface area contributed by atoms with E-state index in [9.17, 15) is 9.18 Å². The summed E-state index contributed by atoms with van der Waals surface area (Å²) in [4.78, 5) is 10.3. The van der Waals surface area contributed by atoms with Crippen LogP contribution in [-0.4, -0.2) is 6.29 Å². The van der Waals surface area contributed by atoms with Gasteiger partial charge in [-0.15, -0.1) is 0 Å². The highest BCUT2D eigenvalue weighted by Crippen LogP contribution is 2.21. The number of benzene rings is 1. The molecule has 0 radical (unpaired) electrons. The fourth-order valence-electron chi connectivity index (χ4n) is 0.832. The summed E-state index contributed by atoms with van der Waals surface area (Å²) in [7, 11) is 0. The van der Waals surface area contributed by atoms with E-state index in [2.05, 4.69) is 0 Å². The molecule has 0 aliphatic rings. The molecule has 0 spiro atoms. The summed E-state index contributed by atoms with van der Waals surface area (Å²) in [5.74, 6) is 0. The number of aldehydes is 1. The minimum Gasteiger partial charge on any atom is -0.299 e. The third-order valence-corrected chi connectivity index (χ3v) is 1.56. The lowest BCUT2D eigenvalue weighted by molar-refractivity contribution is -0.117. The highest BCUT2D eigenvalue weighted by atomic mass is 19.1. The van der Waals surface area contributed by atoms with Crippen LogP contribution in [0.3, 0.4) is 0 Å². The molecule has 2 heteroatoms. The number of halogens is 1. The molecule has 0 aromatic heterocycles. The molecule has 0 N–H and O–H groups in total. The van der Waals surface area contributed by atoms with Crippen molar-refractivity contribution in [1.82, 2.24) is 0 Å². The molecule has 1 rings (SSSR count). The SMILES string of the molecule is CC(F)(C=O)c1ccccc1. The Bertz CT molecular complexity index is 241. The van der Waals surface area contributed by atoms with Crippen LogP contribution in [0.25, 0.3) is 0 Å². The average molecular weight is 152 g/mol. The van der Waals surface area contributed by atoms with E-state index in [1.807, 2.05) is 0 Å². The molecule has 1 unspecified atom stereocenters. The Morgan fingerprint density at radius 2 is 1.91 bits per heavy atom. The van der Waals surface area contributed by atoms with Gasteiger partial charge >= 0.3 is 0 Å². The van der Waals surface area contributed by atoms with Gasteiger partial charge in [0.2, 0.25) is 0 Å². The van der Waals surface area contributed by atoms with Crippen molar-refractivity contribution in [2.75, 3.05) is 0 Å². The van der Waals surface area contributed by atoms with E-state index in [0.29, 0.717) is 11.8 Å². The molecule has 0 bridgehead atoms. The summed E-state index contributed by atoms with van der Waals surface area (Å²) in [5.41, 5.74) is -1.45. The Hall–Kier alpha value is -1.18. The molecule has 0 heterocycles. The second-order valence-corrected chi connectivity index (χ2v) is 2.56. The molecular formula is C9H9FO. The summed E-state index contributed by atoms with van der Waals surface area (Å²) in [6.45, 7) is 1.25. The lowest BCUT2D eigenvalue weighted by Gasteiger charge is -2.11. The lowest BCUT2D eigenvalue weighted by atomic mass is 10.0. The van der Waals surface area contributed by atoms with Crippen LogP contribution in [0.2, 0.25) is 0 Å². The first-order valence-electron chi connectivity index (χ1n) is 3.37. The van der Waals surface area contributed by atoms with Gasteiger partial charge in [-0.25, -0.2) is 4.39 Å². The number of alkyl halides is 1. The van der Waals surface area contributed by atoms with E-state index in [-0.39, 0.29) is 0 Å². The second-order valence-electron chi connectivity index (χ2n) is 2.56. The third kappa shape index (κ3) is 1.64. The first-order valence-corrected chi connectivity index (χ1v) is 3.37. The van der Waals surface area contributed by atoms with Crippen LogP contribution in [0.1, 0.15) is 12.5 Å². The number of hydrogen-bond donors (Lipinski definition) is 0.